The Kier molecular flexibility index (Phi) is 4.90. The van der Waals surface area contributed by atoms with Crippen LogP contribution < -0.4 is 0 Å². The highest BCUT2D eigenvalue weighted by molar-refractivity contribution is 9.10. The van der Waals surface area contributed by atoms with Gasteiger partial charge in [-0.05, 0) is 31.9 Å². The molecule has 19 heavy (non-hydrogen) atoms. The Hall–Kier alpha value is -0.130. The first-order valence-electron chi connectivity index (χ1n) is 6.47. The van der Waals surface area contributed by atoms with Crippen molar-refractivity contribution in [2.24, 2.45) is 0 Å². The van der Waals surface area contributed by atoms with Gasteiger partial charge in [-0.3, -0.25) is 4.90 Å². The third-order valence-corrected chi connectivity index (χ3v) is 4.41. The Balaban J connectivity index is 2.09. The van der Waals surface area contributed by atoms with E-state index in [9.17, 15) is 10.2 Å². The first kappa shape index (κ1) is 15.3. The fourth-order valence-electron chi connectivity index (χ4n) is 2.52. The zero-order valence-electron chi connectivity index (χ0n) is 10.9. The molecule has 106 valence electrons. The summed E-state index contributed by atoms with van der Waals surface area (Å²) in [5.74, 6) is 0. The van der Waals surface area contributed by atoms with E-state index < -0.39 is 5.60 Å². The smallest absolute Gasteiger partial charge is 0.101 e. The van der Waals surface area contributed by atoms with Crippen LogP contribution in [0.25, 0.3) is 0 Å². The van der Waals surface area contributed by atoms with E-state index in [1.165, 1.54) is 0 Å². The van der Waals surface area contributed by atoms with Crippen LogP contribution in [0.1, 0.15) is 25.3 Å². The maximum atomic E-state index is 10.7. The minimum Gasteiger partial charge on any atom is -0.393 e. The Labute approximate surface area is 127 Å². The van der Waals surface area contributed by atoms with Crippen molar-refractivity contribution in [3.05, 3.63) is 33.3 Å². The number of piperidine rings is 1. The number of aliphatic hydroxyl groups is 2. The summed E-state index contributed by atoms with van der Waals surface area (Å²) in [4.78, 5) is 2.17. The third kappa shape index (κ3) is 3.92. The minimum absolute atomic E-state index is 0.197. The molecule has 1 atom stereocenters. The predicted octanol–water partition coefficient (Wildman–Crippen LogP) is 2.77. The van der Waals surface area contributed by atoms with Crippen molar-refractivity contribution in [1.29, 1.82) is 0 Å². The van der Waals surface area contributed by atoms with Crippen molar-refractivity contribution >= 4 is 27.5 Å². The molecule has 0 amide bonds. The minimum atomic E-state index is -0.986. The van der Waals surface area contributed by atoms with E-state index in [-0.39, 0.29) is 6.10 Å². The number of hydrogen-bond donors (Lipinski definition) is 2. The maximum Gasteiger partial charge on any atom is 0.101 e. The fourth-order valence-corrected chi connectivity index (χ4v) is 3.40. The summed E-state index contributed by atoms with van der Waals surface area (Å²) in [6, 6.07) is 5.53. The molecule has 0 saturated carbocycles. The van der Waals surface area contributed by atoms with Crippen molar-refractivity contribution in [3.8, 4) is 0 Å². The molecule has 1 fully saturated rings. The molecule has 3 nitrogen and oxygen atoms in total. The molecule has 0 aromatic heterocycles. The van der Waals surface area contributed by atoms with Crippen molar-refractivity contribution in [2.45, 2.75) is 31.5 Å². The van der Waals surface area contributed by atoms with Gasteiger partial charge in [0.2, 0.25) is 0 Å². The summed E-state index contributed by atoms with van der Waals surface area (Å²) in [6.45, 7) is 3.94. The second kappa shape index (κ2) is 6.10. The number of likely N-dealkylation sites (tertiary alicyclic amines) is 1. The van der Waals surface area contributed by atoms with Gasteiger partial charge in [-0.2, -0.15) is 0 Å². The zero-order valence-corrected chi connectivity index (χ0v) is 13.3. The lowest BCUT2D eigenvalue weighted by molar-refractivity contribution is -0.00552. The Morgan fingerprint density at radius 3 is 2.63 bits per heavy atom. The van der Waals surface area contributed by atoms with Crippen LogP contribution in [0.15, 0.2) is 22.7 Å². The van der Waals surface area contributed by atoms with Crippen LogP contribution in [0.5, 0.6) is 0 Å². The van der Waals surface area contributed by atoms with Gasteiger partial charge in [0.1, 0.15) is 5.60 Å². The summed E-state index contributed by atoms with van der Waals surface area (Å²) in [6.07, 6.45) is 1.34. The van der Waals surface area contributed by atoms with Gasteiger partial charge in [-0.25, -0.2) is 0 Å². The van der Waals surface area contributed by atoms with E-state index >= 15 is 0 Å². The molecule has 1 aliphatic heterocycles. The predicted molar refractivity (Wildman–Crippen MR) is 80.4 cm³/mol. The highest BCUT2D eigenvalue weighted by atomic mass is 79.9. The molecule has 1 aromatic rings. The van der Waals surface area contributed by atoms with Crippen molar-refractivity contribution in [1.82, 2.24) is 4.90 Å². The van der Waals surface area contributed by atoms with Crippen molar-refractivity contribution in [2.75, 3.05) is 19.6 Å². The fraction of sp³-hybridized carbons (Fsp3) is 0.571. The summed E-state index contributed by atoms with van der Waals surface area (Å²) in [5.41, 5.74) is -0.247. The summed E-state index contributed by atoms with van der Waals surface area (Å²) in [5, 5.41) is 20.7. The largest absolute Gasteiger partial charge is 0.393 e. The zero-order chi connectivity index (χ0) is 14.0. The second-order valence-corrected chi connectivity index (χ2v) is 6.73. The van der Waals surface area contributed by atoms with Gasteiger partial charge in [-0.1, -0.05) is 33.6 Å². The van der Waals surface area contributed by atoms with E-state index in [0.29, 0.717) is 11.6 Å². The molecule has 1 heterocycles. The number of benzene rings is 1. The average molecular weight is 349 g/mol. The van der Waals surface area contributed by atoms with Crippen LogP contribution in [0.2, 0.25) is 5.02 Å². The van der Waals surface area contributed by atoms with Crippen LogP contribution in [0.4, 0.5) is 0 Å². The summed E-state index contributed by atoms with van der Waals surface area (Å²) >= 11 is 9.57. The molecule has 1 aliphatic rings. The molecule has 2 rings (SSSR count). The highest BCUT2D eigenvalue weighted by Crippen LogP contribution is 2.31. The Bertz CT molecular complexity index is 445. The lowest BCUT2D eigenvalue weighted by atomic mass is 9.94. The topological polar surface area (TPSA) is 43.7 Å². The third-order valence-electron chi connectivity index (χ3n) is 3.60. The van der Waals surface area contributed by atoms with E-state index in [2.05, 4.69) is 20.8 Å². The van der Waals surface area contributed by atoms with Gasteiger partial charge in [0.05, 0.1) is 6.10 Å². The first-order valence-corrected chi connectivity index (χ1v) is 7.64. The quantitative estimate of drug-likeness (QED) is 0.883. The average Bonchev–Trinajstić information content (AvgIpc) is 2.31. The van der Waals surface area contributed by atoms with E-state index in [4.69, 9.17) is 11.6 Å². The van der Waals surface area contributed by atoms with E-state index in [1.54, 1.807) is 13.0 Å². The standard InChI is InChI=1S/C14H19BrClNO2/c1-14(19,9-17-6-4-11(18)5-7-17)12-3-2-10(15)8-13(12)16/h2-3,8,11,18-19H,4-7,9H2,1H3/t14-/m0/s1. The molecular weight excluding hydrogens is 330 g/mol. The number of rotatable bonds is 3. The van der Waals surface area contributed by atoms with E-state index in [0.717, 1.165) is 36.0 Å². The number of nitrogens with zero attached hydrogens (tertiary/aromatic N) is 1. The SMILES string of the molecule is C[C@](O)(CN1CCC(O)CC1)c1ccc(Br)cc1Cl. The lowest BCUT2D eigenvalue weighted by Crippen LogP contribution is -2.44. The van der Waals surface area contributed by atoms with Crippen LogP contribution in [-0.4, -0.2) is 40.9 Å². The first-order chi connectivity index (χ1) is 8.88. The molecule has 0 bridgehead atoms. The van der Waals surface area contributed by atoms with Gasteiger partial charge in [0.15, 0.2) is 0 Å². The van der Waals surface area contributed by atoms with E-state index in [1.807, 2.05) is 12.1 Å². The molecule has 0 radical (unpaired) electrons. The molecule has 0 aliphatic carbocycles. The van der Waals surface area contributed by atoms with Crippen LogP contribution in [0, 0.1) is 0 Å². The van der Waals surface area contributed by atoms with Crippen LogP contribution in [-0.2, 0) is 5.60 Å². The molecule has 0 spiro atoms. The van der Waals surface area contributed by atoms with Gasteiger partial charge >= 0.3 is 0 Å². The number of halogens is 2. The number of hydrogen-bond acceptors (Lipinski definition) is 3. The van der Waals surface area contributed by atoms with Gasteiger partial charge in [-0.15, -0.1) is 0 Å². The molecule has 0 unspecified atom stereocenters. The molecule has 1 aromatic carbocycles. The highest BCUT2D eigenvalue weighted by Gasteiger charge is 2.30. The van der Waals surface area contributed by atoms with Gasteiger partial charge in [0.25, 0.3) is 0 Å². The van der Waals surface area contributed by atoms with Gasteiger partial charge < -0.3 is 10.2 Å². The van der Waals surface area contributed by atoms with Crippen LogP contribution in [0.3, 0.4) is 0 Å². The monoisotopic (exact) mass is 347 g/mol. The summed E-state index contributed by atoms with van der Waals surface area (Å²) in [7, 11) is 0. The number of aliphatic hydroxyl groups excluding tert-OH is 1. The van der Waals surface area contributed by atoms with Crippen molar-refractivity contribution < 1.29 is 10.2 Å². The lowest BCUT2D eigenvalue weighted by Gasteiger charge is -2.36. The Morgan fingerprint density at radius 1 is 1.42 bits per heavy atom. The molecule has 2 N–H and O–H groups in total. The van der Waals surface area contributed by atoms with Crippen molar-refractivity contribution in [3.63, 3.8) is 0 Å². The van der Waals surface area contributed by atoms with Gasteiger partial charge in [0, 0.05) is 34.7 Å². The maximum absolute atomic E-state index is 10.7. The molecule has 5 heteroatoms. The molecule has 1 saturated heterocycles. The Morgan fingerprint density at radius 2 is 2.05 bits per heavy atom. The summed E-state index contributed by atoms with van der Waals surface area (Å²) < 4.78 is 0.901. The molecular formula is C14H19BrClNO2. The normalized spacial score (nSPS) is 21.3. The number of β-amino-alcohol motifs (C(OH)–C–C–N with tert-alkyl or cyclic N) is 1. The van der Waals surface area contributed by atoms with Crippen LogP contribution >= 0.6 is 27.5 Å². The second-order valence-electron chi connectivity index (χ2n) is 5.41.